The number of aromatic hydroxyl groups is 1. The summed E-state index contributed by atoms with van der Waals surface area (Å²) in [6, 6.07) is 3.06. The van der Waals surface area contributed by atoms with E-state index in [-0.39, 0.29) is 22.9 Å². The molecule has 1 aliphatic rings. The number of aromatic nitrogens is 1. The molecule has 2 N–H and O–H groups in total. The fourth-order valence-corrected chi connectivity index (χ4v) is 1.74. The van der Waals surface area contributed by atoms with Crippen molar-refractivity contribution < 1.29 is 9.90 Å². The zero-order valence-electron chi connectivity index (χ0n) is 8.66. The minimum absolute atomic E-state index is 0.0714. The number of nitrogens with one attached hydrogen (secondary N) is 1. The van der Waals surface area contributed by atoms with Crippen molar-refractivity contribution in [2.45, 2.75) is 31.7 Å². The first-order chi connectivity index (χ1) is 7.11. The van der Waals surface area contributed by atoms with Crippen LogP contribution in [0.5, 0.6) is 5.75 Å². The lowest BCUT2D eigenvalue weighted by Gasteiger charge is -2.38. The Kier molecular flexibility index (Phi) is 2.34. The van der Waals surface area contributed by atoms with Gasteiger partial charge in [-0.3, -0.25) is 4.79 Å². The van der Waals surface area contributed by atoms with E-state index in [9.17, 15) is 9.90 Å². The molecule has 0 spiro atoms. The van der Waals surface area contributed by atoms with Crippen LogP contribution in [-0.2, 0) is 0 Å². The Hall–Kier alpha value is -1.58. The number of hydrogen-bond donors (Lipinski definition) is 2. The number of hydrogen-bond acceptors (Lipinski definition) is 3. The molecular weight excluding hydrogens is 192 g/mol. The quantitative estimate of drug-likeness (QED) is 0.770. The highest BCUT2D eigenvalue weighted by molar-refractivity contribution is 5.95. The van der Waals surface area contributed by atoms with Crippen LogP contribution < -0.4 is 5.32 Å². The van der Waals surface area contributed by atoms with Gasteiger partial charge in [0.2, 0.25) is 0 Å². The molecule has 0 atom stereocenters. The van der Waals surface area contributed by atoms with Crippen LogP contribution in [0.2, 0.25) is 0 Å². The average molecular weight is 206 g/mol. The Balaban J connectivity index is 2.11. The van der Waals surface area contributed by atoms with Gasteiger partial charge in [-0.05, 0) is 38.3 Å². The van der Waals surface area contributed by atoms with E-state index >= 15 is 0 Å². The van der Waals surface area contributed by atoms with Gasteiger partial charge in [-0.1, -0.05) is 0 Å². The van der Waals surface area contributed by atoms with E-state index in [1.165, 1.54) is 12.3 Å². The molecule has 1 saturated carbocycles. The Bertz CT molecular complexity index is 386. The van der Waals surface area contributed by atoms with Crippen LogP contribution in [0.3, 0.4) is 0 Å². The van der Waals surface area contributed by atoms with Gasteiger partial charge in [0.15, 0.2) is 5.69 Å². The largest absolute Gasteiger partial charge is 0.505 e. The molecule has 1 aromatic heterocycles. The maximum absolute atomic E-state index is 11.7. The van der Waals surface area contributed by atoms with Crippen molar-refractivity contribution in [2.75, 3.05) is 0 Å². The van der Waals surface area contributed by atoms with Gasteiger partial charge in [-0.15, -0.1) is 0 Å². The standard InChI is InChI=1S/C11H14N2O2/c1-11(5-3-6-11)13-10(15)9-8(14)4-2-7-12-9/h2,4,7,14H,3,5-6H2,1H3,(H,13,15). The number of nitrogens with zero attached hydrogens (tertiary/aromatic N) is 1. The second-order valence-corrected chi connectivity index (χ2v) is 4.24. The molecule has 80 valence electrons. The molecule has 15 heavy (non-hydrogen) atoms. The summed E-state index contributed by atoms with van der Waals surface area (Å²) < 4.78 is 0. The van der Waals surface area contributed by atoms with Crippen molar-refractivity contribution in [2.24, 2.45) is 0 Å². The minimum atomic E-state index is -0.296. The highest BCUT2D eigenvalue weighted by Gasteiger charge is 2.34. The van der Waals surface area contributed by atoms with E-state index < -0.39 is 0 Å². The summed E-state index contributed by atoms with van der Waals surface area (Å²) in [6.45, 7) is 2.01. The lowest BCUT2D eigenvalue weighted by molar-refractivity contribution is 0.0842. The molecule has 4 nitrogen and oxygen atoms in total. The lowest BCUT2D eigenvalue weighted by Crippen LogP contribution is -2.51. The zero-order valence-corrected chi connectivity index (χ0v) is 8.66. The van der Waals surface area contributed by atoms with E-state index in [0.29, 0.717) is 0 Å². The molecule has 1 aliphatic carbocycles. The van der Waals surface area contributed by atoms with Gasteiger partial charge in [-0.2, -0.15) is 0 Å². The Morgan fingerprint density at radius 2 is 2.33 bits per heavy atom. The Morgan fingerprint density at radius 3 is 2.87 bits per heavy atom. The SMILES string of the molecule is CC1(NC(=O)c2ncccc2O)CCC1. The van der Waals surface area contributed by atoms with Crippen molar-refractivity contribution in [3.8, 4) is 5.75 Å². The number of rotatable bonds is 2. The normalized spacial score (nSPS) is 17.9. The molecule has 0 bridgehead atoms. The van der Waals surface area contributed by atoms with E-state index in [1.807, 2.05) is 6.92 Å². The maximum atomic E-state index is 11.7. The molecule has 0 saturated heterocycles. The topological polar surface area (TPSA) is 62.2 Å². The van der Waals surface area contributed by atoms with E-state index in [0.717, 1.165) is 19.3 Å². The van der Waals surface area contributed by atoms with Gasteiger partial charge in [0.25, 0.3) is 5.91 Å². The first-order valence-corrected chi connectivity index (χ1v) is 5.07. The van der Waals surface area contributed by atoms with Crippen LogP contribution in [0.4, 0.5) is 0 Å². The molecule has 0 radical (unpaired) electrons. The smallest absolute Gasteiger partial charge is 0.274 e. The summed E-state index contributed by atoms with van der Waals surface area (Å²) in [7, 11) is 0. The monoisotopic (exact) mass is 206 g/mol. The van der Waals surface area contributed by atoms with Gasteiger partial charge in [0.05, 0.1) is 0 Å². The molecule has 0 unspecified atom stereocenters. The third-order valence-corrected chi connectivity index (χ3v) is 2.87. The lowest BCUT2D eigenvalue weighted by atomic mass is 9.78. The van der Waals surface area contributed by atoms with E-state index in [2.05, 4.69) is 10.3 Å². The second-order valence-electron chi connectivity index (χ2n) is 4.24. The van der Waals surface area contributed by atoms with Gasteiger partial charge in [-0.25, -0.2) is 4.98 Å². The van der Waals surface area contributed by atoms with Crippen LogP contribution in [-0.4, -0.2) is 21.5 Å². The Morgan fingerprint density at radius 1 is 1.60 bits per heavy atom. The third-order valence-electron chi connectivity index (χ3n) is 2.87. The molecule has 1 fully saturated rings. The van der Waals surface area contributed by atoms with Crippen LogP contribution in [0.15, 0.2) is 18.3 Å². The predicted octanol–water partition coefficient (Wildman–Crippen LogP) is 1.46. The first-order valence-electron chi connectivity index (χ1n) is 5.07. The maximum Gasteiger partial charge on any atom is 0.274 e. The zero-order chi connectivity index (χ0) is 10.9. The van der Waals surface area contributed by atoms with Gasteiger partial charge >= 0.3 is 0 Å². The molecular formula is C11H14N2O2. The fourth-order valence-electron chi connectivity index (χ4n) is 1.74. The average Bonchev–Trinajstić information content (AvgIpc) is 2.16. The van der Waals surface area contributed by atoms with Crippen LogP contribution in [0.25, 0.3) is 0 Å². The predicted molar refractivity (Wildman–Crippen MR) is 55.6 cm³/mol. The van der Waals surface area contributed by atoms with Crippen molar-refractivity contribution in [3.05, 3.63) is 24.0 Å². The van der Waals surface area contributed by atoms with E-state index in [1.54, 1.807) is 6.07 Å². The van der Waals surface area contributed by atoms with Crippen LogP contribution in [0.1, 0.15) is 36.7 Å². The molecule has 1 amide bonds. The second kappa shape index (κ2) is 3.53. The number of amides is 1. The molecule has 1 heterocycles. The molecule has 0 aromatic carbocycles. The molecule has 1 aromatic rings. The number of carbonyl (C=O) groups excluding carboxylic acids is 1. The van der Waals surface area contributed by atoms with Crippen LogP contribution in [0, 0.1) is 0 Å². The van der Waals surface area contributed by atoms with Crippen molar-refractivity contribution in [3.63, 3.8) is 0 Å². The van der Waals surface area contributed by atoms with Crippen molar-refractivity contribution in [1.29, 1.82) is 0 Å². The summed E-state index contributed by atoms with van der Waals surface area (Å²) in [5.41, 5.74) is -0.00764. The first kappa shape index (κ1) is 9.96. The van der Waals surface area contributed by atoms with E-state index in [4.69, 9.17) is 0 Å². The summed E-state index contributed by atoms with van der Waals surface area (Å²) in [4.78, 5) is 15.6. The van der Waals surface area contributed by atoms with Gasteiger partial charge < -0.3 is 10.4 Å². The van der Waals surface area contributed by atoms with Gasteiger partial charge in [0.1, 0.15) is 5.75 Å². The summed E-state index contributed by atoms with van der Waals surface area (Å²) in [5.74, 6) is -0.367. The highest BCUT2D eigenvalue weighted by Crippen LogP contribution is 2.31. The van der Waals surface area contributed by atoms with Crippen molar-refractivity contribution >= 4 is 5.91 Å². The summed E-state index contributed by atoms with van der Waals surface area (Å²) in [5, 5.41) is 12.3. The Labute approximate surface area is 88.3 Å². The van der Waals surface area contributed by atoms with Gasteiger partial charge in [0, 0.05) is 11.7 Å². The van der Waals surface area contributed by atoms with Crippen molar-refractivity contribution in [1.82, 2.24) is 10.3 Å². The summed E-state index contributed by atoms with van der Waals surface area (Å²) >= 11 is 0. The van der Waals surface area contributed by atoms with Crippen LogP contribution >= 0.6 is 0 Å². The molecule has 4 heteroatoms. The third kappa shape index (κ3) is 1.93. The summed E-state index contributed by atoms with van der Waals surface area (Å²) in [6.07, 6.45) is 4.63. The highest BCUT2D eigenvalue weighted by atomic mass is 16.3. The molecule has 2 rings (SSSR count). The number of carbonyl (C=O) groups is 1. The fraction of sp³-hybridized carbons (Fsp3) is 0.455. The molecule has 0 aliphatic heterocycles. The number of pyridine rings is 1. The minimum Gasteiger partial charge on any atom is -0.505 e.